The fraction of sp³-hybridized carbons (Fsp3) is 0.400. The molecule has 0 saturated carbocycles. The highest BCUT2D eigenvalue weighted by atomic mass is 16.2. The predicted molar refractivity (Wildman–Crippen MR) is 73.2 cm³/mol. The van der Waals surface area contributed by atoms with E-state index in [-0.39, 0.29) is 11.9 Å². The van der Waals surface area contributed by atoms with Gasteiger partial charge >= 0.3 is 0 Å². The van der Waals surface area contributed by atoms with Crippen LogP contribution in [0.5, 0.6) is 0 Å². The lowest BCUT2D eigenvalue weighted by Crippen LogP contribution is -2.46. The first-order valence-corrected chi connectivity index (χ1v) is 6.60. The van der Waals surface area contributed by atoms with Gasteiger partial charge in [-0.2, -0.15) is 10.5 Å². The van der Waals surface area contributed by atoms with Gasteiger partial charge in [0.2, 0.25) is 5.91 Å². The van der Waals surface area contributed by atoms with Crippen molar-refractivity contribution < 1.29 is 4.79 Å². The number of nitriles is 2. The van der Waals surface area contributed by atoms with Crippen molar-refractivity contribution in [2.45, 2.75) is 31.3 Å². The van der Waals surface area contributed by atoms with Crippen molar-refractivity contribution in [2.24, 2.45) is 5.73 Å². The molecule has 1 aliphatic heterocycles. The Morgan fingerprint density at radius 1 is 1.40 bits per heavy atom. The summed E-state index contributed by atoms with van der Waals surface area (Å²) in [6.07, 6.45) is 2.00. The lowest BCUT2D eigenvalue weighted by Gasteiger charge is -2.23. The standard InChI is InChI=1S/C15H16N4O/c16-9-12-5-3-11(4-6-12)8-14(18)15(20)19-7-1-2-13(19)10-17/h3-6,13-14H,1-2,7-8,18H2/t13-,14-/m0/s1. The highest BCUT2D eigenvalue weighted by Crippen LogP contribution is 2.18. The SMILES string of the molecule is N#Cc1ccc(C[C@H](N)C(=O)N2CCC[C@H]2C#N)cc1. The zero-order chi connectivity index (χ0) is 14.5. The fourth-order valence-electron chi connectivity index (χ4n) is 2.43. The summed E-state index contributed by atoms with van der Waals surface area (Å²) < 4.78 is 0. The van der Waals surface area contributed by atoms with E-state index < -0.39 is 6.04 Å². The van der Waals surface area contributed by atoms with Gasteiger partial charge in [0.15, 0.2) is 0 Å². The molecular weight excluding hydrogens is 252 g/mol. The monoisotopic (exact) mass is 268 g/mol. The largest absolute Gasteiger partial charge is 0.325 e. The average Bonchev–Trinajstić information content (AvgIpc) is 2.95. The summed E-state index contributed by atoms with van der Waals surface area (Å²) in [6.45, 7) is 0.609. The lowest BCUT2D eigenvalue weighted by molar-refractivity contribution is -0.132. The van der Waals surface area contributed by atoms with E-state index >= 15 is 0 Å². The van der Waals surface area contributed by atoms with Gasteiger partial charge in [-0.25, -0.2) is 0 Å². The molecule has 5 nitrogen and oxygen atoms in total. The van der Waals surface area contributed by atoms with Gasteiger partial charge in [0.25, 0.3) is 0 Å². The Labute approximate surface area is 118 Å². The molecule has 1 saturated heterocycles. The second kappa shape index (κ2) is 6.18. The summed E-state index contributed by atoms with van der Waals surface area (Å²) in [5.41, 5.74) is 7.45. The topological polar surface area (TPSA) is 93.9 Å². The van der Waals surface area contributed by atoms with Crippen molar-refractivity contribution in [1.82, 2.24) is 4.90 Å². The highest BCUT2D eigenvalue weighted by Gasteiger charge is 2.31. The highest BCUT2D eigenvalue weighted by molar-refractivity contribution is 5.82. The fourth-order valence-corrected chi connectivity index (χ4v) is 2.43. The first-order chi connectivity index (χ1) is 9.65. The smallest absolute Gasteiger partial charge is 0.240 e. The molecule has 20 heavy (non-hydrogen) atoms. The first kappa shape index (κ1) is 14.0. The molecule has 102 valence electrons. The number of carbonyl (C=O) groups is 1. The molecule has 0 spiro atoms. The maximum Gasteiger partial charge on any atom is 0.240 e. The van der Waals surface area contributed by atoms with E-state index in [4.69, 9.17) is 16.3 Å². The van der Waals surface area contributed by atoms with Gasteiger partial charge in [0.1, 0.15) is 6.04 Å². The van der Waals surface area contributed by atoms with E-state index in [9.17, 15) is 4.79 Å². The number of rotatable bonds is 3. The van der Waals surface area contributed by atoms with Crippen molar-refractivity contribution in [3.8, 4) is 12.1 Å². The van der Waals surface area contributed by atoms with Crippen LogP contribution in [0.4, 0.5) is 0 Å². The van der Waals surface area contributed by atoms with Crippen LogP contribution in [0.3, 0.4) is 0 Å². The van der Waals surface area contributed by atoms with E-state index in [2.05, 4.69) is 6.07 Å². The maximum absolute atomic E-state index is 12.2. The Balaban J connectivity index is 2.00. The first-order valence-electron chi connectivity index (χ1n) is 6.60. The van der Waals surface area contributed by atoms with E-state index in [0.29, 0.717) is 18.5 Å². The van der Waals surface area contributed by atoms with Crippen LogP contribution in [-0.2, 0) is 11.2 Å². The normalized spacial score (nSPS) is 19.1. The molecule has 0 unspecified atom stereocenters. The van der Waals surface area contributed by atoms with Crippen LogP contribution in [0.1, 0.15) is 24.0 Å². The number of nitrogens with zero attached hydrogens (tertiary/aromatic N) is 3. The quantitative estimate of drug-likeness (QED) is 0.882. The number of benzene rings is 1. The Bertz CT molecular complexity index is 567. The molecule has 1 aromatic carbocycles. The van der Waals surface area contributed by atoms with Crippen molar-refractivity contribution in [3.05, 3.63) is 35.4 Å². The molecule has 1 fully saturated rings. The van der Waals surface area contributed by atoms with Crippen LogP contribution >= 0.6 is 0 Å². The third-order valence-electron chi connectivity index (χ3n) is 3.54. The van der Waals surface area contributed by atoms with Crippen LogP contribution < -0.4 is 5.73 Å². The lowest BCUT2D eigenvalue weighted by atomic mass is 10.0. The third kappa shape index (κ3) is 2.96. The number of nitrogens with two attached hydrogens (primary N) is 1. The molecule has 5 heteroatoms. The predicted octanol–water partition coefficient (Wildman–Crippen LogP) is 0.943. The Kier molecular flexibility index (Phi) is 4.34. The van der Waals surface area contributed by atoms with Crippen LogP contribution in [0, 0.1) is 22.7 Å². The summed E-state index contributed by atoms with van der Waals surface area (Å²) in [6, 6.07) is 10.2. The molecule has 0 aliphatic carbocycles. The second-order valence-electron chi connectivity index (χ2n) is 4.94. The van der Waals surface area contributed by atoms with E-state index in [0.717, 1.165) is 18.4 Å². The van der Waals surface area contributed by atoms with Crippen molar-refractivity contribution in [2.75, 3.05) is 6.54 Å². The van der Waals surface area contributed by atoms with Crippen LogP contribution in [0.2, 0.25) is 0 Å². The summed E-state index contributed by atoms with van der Waals surface area (Å²) in [7, 11) is 0. The van der Waals surface area contributed by atoms with Crippen LogP contribution in [0.25, 0.3) is 0 Å². The van der Waals surface area contributed by atoms with Gasteiger partial charge in [-0.15, -0.1) is 0 Å². The van der Waals surface area contributed by atoms with E-state index in [1.807, 2.05) is 6.07 Å². The molecule has 1 aromatic rings. The number of hydrogen-bond donors (Lipinski definition) is 1. The van der Waals surface area contributed by atoms with Crippen molar-refractivity contribution >= 4 is 5.91 Å². The molecule has 0 radical (unpaired) electrons. The van der Waals surface area contributed by atoms with Gasteiger partial charge in [-0.1, -0.05) is 12.1 Å². The minimum Gasteiger partial charge on any atom is -0.325 e. The third-order valence-corrected chi connectivity index (χ3v) is 3.54. The molecular formula is C15H16N4O. The molecule has 2 atom stereocenters. The average molecular weight is 268 g/mol. The molecule has 1 heterocycles. The molecule has 2 rings (SSSR count). The van der Waals surface area contributed by atoms with Gasteiger partial charge in [0, 0.05) is 6.54 Å². The van der Waals surface area contributed by atoms with Crippen LogP contribution in [-0.4, -0.2) is 29.4 Å². The van der Waals surface area contributed by atoms with E-state index in [1.165, 1.54) is 0 Å². The number of hydrogen-bond acceptors (Lipinski definition) is 4. The molecule has 0 bridgehead atoms. The van der Waals surface area contributed by atoms with Gasteiger partial charge in [-0.05, 0) is 37.0 Å². The number of amides is 1. The second-order valence-corrected chi connectivity index (χ2v) is 4.94. The molecule has 0 aromatic heterocycles. The summed E-state index contributed by atoms with van der Waals surface area (Å²) in [4.78, 5) is 13.8. The minimum atomic E-state index is -0.642. The molecule has 1 amide bonds. The Hall–Kier alpha value is -2.37. The van der Waals surface area contributed by atoms with Gasteiger partial charge in [-0.3, -0.25) is 4.79 Å². The number of likely N-dealkylation sites (tertiary alicyclic amines) is 1. The Morgan fingerprint density at radius 2 is 2.10 bits per heavy atom. The van der Waals surface area contributed by atoms with Gasteiger partial charge in [0.05, 0.1) is 23.7 Å². The summed E-state index contributed by atoms with van der Waals surface area (Å²) >= 11 is 0. The summed E-state index contributed by atoms with van der Waals surface area (Å²) in [5, 5.41) is 17.7. The van der Waals surface area contributed by atoms with E-state index in [1.54, 1.807) is 29.2 Å². The molecule has 2 N–H and O–H groups in total. The number of carbonyl (C=O) groups excluding carboxylic acids is 1. The maximum atomic E-state index is 12.2. The van der Waals surface area contributed by atoms with Crippen molar-refractivity contribution in [3.63, 3.8) is 0 Å². The minimum absolute atomic E-state index is 0.168. The molecule has 1 aliphatic rings. The zero-order valence-electron chi connectivity index (χ0n) is 11.1. The summed E-state index contributed by atoms with van der Waals surface area (Å²) in [5.74, 6) is -0.168. The zero-order valence-corrected chi connectivity index (χ0v) is 11.1. The van der Waals surface area contributed by atoms with Crippen molar-refractivity contribution in [1.29, 1.82) is 10.5 Å². The Morgan fingerprint density at radius 3 is 2.70 bits per heavy atom. The van der Waals surface area contributed by atoms with Gasteiger partial charge < -0.3 is 10.6 Å². The van der Waals surface area contributed by atoms with Crippen LogP contribution in [0.15, 0.2) is 24.3 Å².